The van der Waals surface area contributed by atoms with Gasteiger partial charge in [0.1, 0.15) is 6.54 Å². The number of nitrogens with zero attached hydrogens (tertiary/aromatic N) is 1. The summed E-state index contributed by atoms with van der Waals surface area (Å²) < 4.78 is 0. The van der Waals surface area contributed by atoms with Crippen LogP contribution in [0, 0.1) is 0 Å². The minimum absolute atomic E-state index is 0.298. The van der Waals surface area contributed by atoms with E-state index in [1.807, 2.05) is 0 Å². The first-order valence-corrected chi connectivity index (χ1v) is 6.98. The zero-order valence-electron chi connectivity index (χ0n) is 11.7. The summed E-state index contributed by atoms with van der Waals surface area (Å²) in [5.74, 6) is -1.56. The summed E-state index contributed by atoms with van der Waals surface area (Å²) in [6, 6.07) is 13.4. The van der Waals surface area contributed by atoms with Crippen LogP contribution in [0.25, 0.3) is 0 Å². The molecule has 5 nitrogen and oxygen atoms in total. The van der Waals surface area contributed by atoms with Gasteiger partial charge in [-0.2, -0.15) is 0 Å². The van der Waals surface area contributed by atoms with Gasteiger partial charge in [-0.05, 0) is 29.8 Å². The Labute approximate surface area is 132 Å². The first-order chi connectivity index (χ1) is 10.5. The molecule has 0 bridgehead atoms. The second kappa shape index (κ2) is 7.06. The summed E-state index contributed by atoms with van der Waals surface area (Å²) in [7, 11) is 0. The van der Waals surface area contributed by atoms with E-state index in [0.717, 1.165) is 10.5 Å². The molecule has 1 amide bonds. The van der Waals surface area contributed by atoms with Gasteiger partial charge in [0.2, 0.25) is 0 Å². The maximum Gasteiger partial charge on any atom is 0.323 e. The van der Waals surface area contributed by atoms with Gasteiger partial charge in [0.15, 0.2) is 0 Å². The Balaban J connectivity index is 2.42. The van der Waals surface area contributed by atoms with Gasteiger partial charge in [-0.15, -0.1) is 0 Å². The highest BCUT2D eigenvalue weighted by molar-refractivity contribution is 6.34. The lowest BCUT2D eigenvalue weighted by atomic mass is 10.1. The van der Waals surface area contributed by atoms with Crippen molar-refractivity contribution >= 4 is 29.2 Å². The molecular formula is C16H15ClN2O3. The number of carboxylic acids is 1. The quantitative estimate of drug-likeness (QED) is 0.887. The number of benzene rings is 2. The molecule has 2 rings (SSSR count). The molecule has 0 saturated heterocycles. The maximum atomic E-state index is 12.7. The lowest BCUT2D eigenvalue weighted by Gasteiger charge is -2.22. The number of rotatable bonds is 5. The number of carbonyl (C=O) groups excluding carboxylic acids is 1. The van der Waals surface area contributed by atoms with Crippen LogP contribution in [0.5, 0.6) is 0 Å². The van der Waals surface area contributed by atoms with Crippen molar-refractivity contribution in [3.63, 3.8) is 0 Å². The molecule has 0 aliphatic rings. The fourth-order valence-corrected chi connectivity index (χ4v) is 2.30. The van der Waals surface area contributed by atoms with E-state index in [1.165, 1.54) is 0 Å². The fraction of sp³-hybridized carbons (Fsp3) is 0.125. The van der Waals surface area contributed by atoms with Crippen molar-refractivity contribution in [2.24, 2.45) is 5.73 Å². The molecule has 0 aliphatic heterocycles. The summed E-state index contributed by atoms with van der Waals surface area (Å²) in [6.07, 6.45) is 0. The molecule has 22 heavy (non-hydrogen) atoms. The zero-order chi connectivity index (χ0) is 16.1. The third-order valence-corrected chi connectivity index (χ3v) is 3.41. The molecule has 0 radical (unpaired) electrons. The first kappa shape index (κ1) is 16.0. The largest absolute Gasteiger partial charge is 0.480 e. The third-order valence-electron chi connectivity index (χ3n) is 3.09. The molecule has 2 aromatic carbocycles. The Kier molecular flexibility index (Phi) is 5.14. The Bertz CT molecular complexity index is 703. The van der Waals surface area contributed by atoms with Crippen LogP contribution in [0.2, 0.25) is 5.02 Å². The summed E-state index contributed by atoms with van der Waals surface area (Å²) in [5.41, 5.74) is 7.08. The average Bonchev–Trinajstić information content (AvgIpc) is 2.52. The van der Waals surface area contributed by atoms with Crippen LogP contribution in [-0.2, 0) is 11.3 Å². The molecule has 6 heteroatoms. The van der Waals surface area contributed by atoms with Crippen molar-refractivity contribution in [2.75, 3.05) is 11.4 Å². The van der Waals surface area contributed by atoms with E-state index in [4.69, 9.17) is 22.4 Å². The minimum atomic E-state index is -1.12. The van der Waals surface area contributed by atoms with E-state index in [9.17, 15) is 9.59 Å². The lowest BCUT2D eigenvalue weighted by molar-refractivity contribution is -0.135. The van der Waals surface area contributed by atoms with Crippen LogP contribution in [0.4, 0.5) is 5.69 Å². The standard InChI is InChI=1S/C16H15ClN2O3/c17-13-6-1-2-7-14(13)19(10-15(20)21)16(22)12-5-3-4-11(8-12)9-18/h1-8H,9-10,18H2,(H,20,21). The van der Waals surface area contributed by atoms with Crippen molar-refractivity contribution in [2.45, 2.75) is 6.54 Å². The molecule has 0 aromatic heterocycles. The molecule has 2 aromatic rings. The van der Waals surface area contributed by atoms with Crippen molar-refractivity contribution in [1.29, 1.82) is 0 Å². The second-order valence-corrected chi connectivity index (χ2v) is 5.05. The van der Waals surface area contributed by atoms with Gasteiger partial charge in [-0.1, -0.05) is 35.9 Å². The van der Waals surface area contributed by atoms with Crippen LogP contribution in [-0.4, -0.2) is 23.5 Å². The highest BCUT2D eigenvalue weighted by atomic mass is 35.5. The van der Waals surface area contributed by atoms with E-state index in [2.05, 4.69) is 0 Å². The van der Waals surface area contributed by atoms with Gasteiger partial charge < -0.3 is 10.8 Å². The molecule has 0 heterocycles. The number of aliphatic carboxylic acids is 1. The van der Waals surface area contributed by atoms with Gasteiger partial charge in [0.25, 0.3) is 5.91 Å². The molecule has 0 aliphatic carbocycles. The first-order valence-electron chi connectivity index (χ1n) is 6.60. The van der Waals surface area contributed by atoms with Gasteiger partial charge >= 0.3 is 5.97 Å². The summed E-state index contributed by atoms with van der Waals surface area (Å²) >= 11 is 6.09. The SMILES string of the molecule is NCc1cccc(C(=O)N(CC(=O)O)c2ccccc2Cl)c1. The van der Waals surface area contributed by atoms with E-state index in [-0.39, 0.29) is 0 Å². The van der Waals surface area contributed by atoms with E-state index >= 15 is 0 Å². The molecular weight excluding hydrogens is 304 g/mol. The predicted molar refractivity (Wildman–Crippen MR) is 85.1 cm³/mol. The number of anilines is 1. The van der Waals surface area contributed by atoms with Crippen molar-refractivity contribution in [1.82, 2.24) is 0 Å². The fourth-order valence-electron chi connectivity index (χ4n) is 2.06. The number of hydrogen-bond acceptors (Lipinski definition) is 3. The Morgan fingerprint density at radius 2 is 1.86 bits per heavy atom. The highest BCUT2D eigenvalue weighted by Gasteiger charge is 2.22. The number of carbonyl (C=O) groups is 2. The van der Waals surface area contributed by atoms with Gasteiger partial charge in [0, 0.05) is 12.1 Å². The van der Waals surface area contributed by atoms with E-state index in [1.54, 1.807) is 48.5 Å². The number of halogens is 1. The van der Waals surface area contributed by atoms with Crippen LogP contribution in [0.1, 0.15) is 15.9 Å². The Hall–Kier alpha value is -2.37. The van der Waals surface area contributed by atoms with Crippen LogP contribution >= 0.6 is 11.6 Å². The number of hydrogen-bond donors (Lipinski definition) is 2. The average molecular weight is 319 g/mol. The molecule has 0 spiro atoms. The van der Waals surface area contributed by atoms with E-state index < -0.39 is 18.4 Å². The number of amides is 1. The Morgan fingerprint density at radius 3 is 2.50 bits per heavy atom. The zero-order valence-corrected chi connectivity index (χ0v) is 12.5. The summed E-state index contributed by atoms with van der Waals surface area (Å²) in [6.45, 7) is -0.179. The summed E-state index contributed by atoms with van der Waals surface area (Å²) in [5, 5.41) is 9.39. The van der Waals surface area contributed by atoms with Crippen molar-refractivity contribution < 1.29 is 14.7 Å². The number of carboxylic acid groups (broad SMARTS) is 1. The van der Waals surface area contributed by atoms with Gasteiger partial charge in [0.05, 0.1) is 10.7 Å². The topological polar surface area (TPSA) is 83.6 Å². The molecule has 3 N–H and O–H groups in total. The number of para-hydroxylation sites is 1. The van der Waals surface area contributed by atoms with Crippen LogP contribution < -0.4 is 10.6 Å². The maximum absolute atomic E-state index is 12.7. The normalized spacial score (nSPS) is 10.3. The van der Waals surface area contributed by atoms with Crippen molar-refractivity contribution in [3.05, 3.63) is 64.7 Å². The third kappa shape index (κ3) is 3.63. The number of nitrogens with two attached hydrogens (primary N) is 1. The molecule has 0 fully saturated rings. The summed E-state index contributed by atoms with van der Waals surface area (Å²) in [4.78, 5) is 24.9. The Morgan fingerprint density at radius 1 is 1.14 bits per heavy atom. The smallest absolute Gasteiger partial charge is 0.323 e. The highest BCUT2D eigenvalue weighted by Crippen LogP contribution is 2.26. The van der Waals surface area contributed by atoms with E-state index in [0.29, 0.717) is 22.8 Å². The van der Waals surface area contributed by atoms with Gasteiger partial charge in [-0.25, -0.2) is 0 Å². The predicted octanol–water partition coefficient (Wildman–Crippen LogP) is 2.53. The molecule has 114 valence electrons. The monoisotopic (exact) mass is 318 g/mol. The van der Waals surface area contributed by atoms with Gasteiger partial charge in [-0.3, -0.25) is 14.5 Å². The van der Waals surface area contributed by atoms with Crippen LogP contribution in [0.3, 0.4) is 0 Å². The second-order valence-electron chi connectivity index (χ2n) is 4.64. The van der Waals surface area contributed by atoms with Crippen LogP contribution in [0.15, 0.2) is 48.5 Å². The molecule has 0 saturated carbocycles. The lowest BCUT2D eigenvalue weighted by Crippen LogP contribution is -2.36. The van der Waals surface area contributed by atoms with Crippen molar-refractivity contribution in [3.8, 4) is 0 Å². The molecule has 0 atom stereocenters. The minimum Gasteiger partial charge on any atom is -0.480 e. The molecule has 0 unspecified atom stereocenters.